The molecule has 1 aliphatic rings. The summed E-state index contributed by atoms with van der Waals surface area (Å²) in [6.45, 7) is 0.596. The van der Waals surface area contributed by atoms with Gasteiger partial charge in [-0.05, 0) is 25.0 Å². The standard InChI is InChI=1S/C19H23N3O3/c1-21-15(9-5-11-17(21)23)19(24)22-12-6-8-14(20)18(22)13-7-3-4-10-16(13)25-2/h3-5,7,9-11,14,18H,6,8,12,20H2,1-2H3/t14-,18-/m0/s1. The van der Waals surface area contributed by atoms with Gasteiger partial charge in [0.1, 0.15) is 11.4 Å². The largest absolute Gasteiger partial charge is 0.496 e. The van der Waals surface area contributed by atoms with Crippen LogP contribution in [0.15, 0.2) is 47.3 Å². The molecule has 6 nitrogen and oxygen atoms in total. The van der Waals surface area contributed by atoms with E-state index in [0.717, 1.165) is 18.4 Å². The van der Waals surface area contributed by atoms with E-state index in [0.29, 0.717) is 18.0 Å². The number of methoxy groups -OCH3 is 1. The highest BCUT2D eigenvalue weighted by Crippen LogP contribution is 2.36. The maximum atomic E-state index is 13.2. The fourth-order valence-corrected chi connectivity index (χ4v) is 3.49. The van der Waals surface area contributed by atoms with Crippen LogP contribution >= 0.6 is 0 Å². The number of nitrogens with two attached hydrogens (primary N) is 1. The van der Waals surface area contributed by atoms with Gasteiger partial charge in [0.25, 0.3) is 11.5 Å². The van der Waals surface area contributed by atoms with E-state index in [4.69, 9.17) is 10.5 Å². The van der Waals surface area contributed by atoms with E-state index >= 15 is 0 Å². The topological polar surface area (TPSA) is 77.6 Å². The highest BCUT2D eigenvalue weighted by atomic mass is 16.5. The molecule has 2 heterocycles. The number of para-hydroxylation sites is 1. The normalized spacial score (nSPS) is 20.4. The van der Waals surface area contributed by atoms with Crippen LogP contribution in [0.3, 0.4) is 0 Å². The Hall–Kier alpha value is -2.60. The number of carbonyl (C=O) groups excluding carboxylic acids is 1. The number of ether oxygens (including phenoxy) is 1. The predicted molar refractivity (Wildman–Crippen MR) is 95.7 cm³/mol. The molecular formula is C19H23N3O3. The van der Waals surface area contributed by atoms with Crippen LogP contribution in [0.2, 0.25) is 0 Å². The fraction of sp³-hybridized carbons (Fsp3) is 0.368. The highest BCUT2D eigenvalue weighted by molar-refractivity contribution is 5.93. The van der Waals surface area contributed by atoms with Crippen LogP contribution in [-0.4, -0.2) is 35.1 Å². The first kappa shape index (κ1) is 17.2. The summed E-state index contributed by atoms with van der Waals surface area (Å²) in [6.07, 6.45) is 1.67. The fourth-order valence-electron chi connectivity index (χ4n) is 3.49. The summed E-state index contributed by atoms with van der Waals surface area (Å²) in [5, 5.41) is 0. The Balaban J connectivity index is 2.04. The van der Waals surface area contributed by atoms with Gasteiger partial charge in [-0.25, -0.2) is 0 Å². The molecule has 1 aromatic carbocycles. The summed E-state index contributed by atoms with van der Waals surface area (Å²) in [5.41, 5.74) is 7.44. The average Bonchev–Trinajstić information content (AvgIpc) is 2.63. The maximum absolute atomic E-state index is 13.2. The zero-order chi connectivity index (χ0) is 18.0. The summed E-state index contributed by atoms with van der Waals surface area (Å²) in [5.74, 6) is 0.524. The molecule has 1 saturated heterocycles. The molecule has 25 heavy (non-hydrogen) atoms. The van der Waals surface area contributed by atoms with E-state index in [9.17, 15) is 9.59 Å². The van der Waals surface area contributed by atoms with Crippen molar-refractivity contribution in [1.82, 2.24) is 9.47 Å². The molecule has 1 fully saturated rings. The van der Waals surface area contributed by atoms with Crippen molar-refractivity contribution in [3.05, 3.63) is 64.1 Å². The molecule has 0 saturated carbocycles. The number of aromatic nitrogens is 1. The van der Waals surface area contributed by atoms with E-state index in [1.54, 1.807) is 31.2 Å². The third-order valence-corrected chi connectivity index (χ3v) is 4.80. The summed E-state index contributed by atoms with van der Waals surface area (Å²) >= 11 is 0. The Bertz CT molecular complexity index is 831. The monoisotopic (exact) mass is 341 g/mol. The average molecular weight is 341 g/mol. The minimum Gasteiger partial charge on any atom is -0.496 e. The molecule has 0 radical (unpaired) electrons. The minimum atomic E-state index is -0.285. The van der Waals surface area contributed by atoms with E-state index in [2.05, 4.69) is 0 Å². The zero-order valence-electron chi connectivity index (χ0n) is 14.5. The quantitative estimate of drug-likeness (QED) is 0.922. The van der Waals surface area contributed by atoms with Crippen LogP contribution in [-0.2, 0) is 7.05 Å². The zero-order valence-corrected chi connectivity index (χ0v) is 14.5. The summed E-state index contributed by atoms with van der Waals surface area (Å²) in [6, 6.07) is 11.9. The minimum absolute atomic E-state index is 0.185. The lowest BCUT2D eigenvalue weighted by atomic mass is 9.90. The van der Waals surface area contributed by atoms with Gasteiger partial charge >= 0.3 is 0 Å². The highest BCUT2D eigenvalue weighted by Gasteiger charge is 2.36. The van der Waals surface area contributed by atoms with Crippen LogP contribution in [0.5, 0.6) is 5.75 Å². The van der Waals surface area contributed by atoms with Crippen LogP contribution in [0.1, 0.15) is 34.9 Å². The van der Waals surface area contributed by atoms with Crippen LogP contribution < -0.4 is 16.0 Å². The third kappa shape index (κ3) is 3.17. The Morgan fingerprint density at radius 3 is 2.72 bits per heavy atom. The number of pyridine rings is 1. The molecule has 1 aliphatic heterocycles. The van der Waals surface area contributed by atoms with Crippen molar-refractivity contribution in [2.24, 2.45) is 12.8 Å². The van der Waals surface area contributed by atoms with Crippen LogP contribution in [0.4, 0.5) is 0 Å². The number of rotatable bonds is 3. The molecule has 2 aromatic rings. The van der Waals surface area contributed by atoms with Crippen LogP contribution in [0.25, 0.3) is 0 Å². The number of piperidine rings is 1. The first-order valence-corrected chi connectivity index (χ1v) is 8.40. The van der Waals surface area contributed by atoms with Crippen molar-refractivity contribution in [3.8, 4) is 5.75 Å². The van der Waals surface area contributed by atoms with Crippen molar-refractivity contribution in [3.63, 3.8) is 0 Å². The van der Waals surface area contributed by atoms with Gasteiger partial charge in [-0.2, -0.15) is 0 Å². The number of hydrogen-bond acceptors (Lipinski definition) is 4. The molecule has 1 aromatic heterocycles. The molecular weight excluding hydrogens is 318 g/mol. The molecule has 0 aliphatic carbocycles. The number of likely N-dealkylation sites (tertiary alicyclic amines) is 1. The smallest absolute Gasteiger partial charge is 0.271 e. The van der Waals surface area contributed by atoms with Crippen molar-refractivity contribution < 1.29 is 9.53 Å². The van der Waals surface area contributed by atoms with Gasteiger partial charge in [0.05, 0.1) is 13.2 Å². The van der Waals surface area contributed by atoms with Gasteiger partial charge in [-0.15, -0.1) is 0 Å². The summed E-state index contributed by atoms with van der Waals surface area (Å²) in [7, 11) is 3.22. The van der Waals surface area contributed by atoms with Gasteiger partial charge in [0.2, 0.25) is 0 Å². The lowest BCUT2D eigenvalue weighted by molar-refractivity contribution is 0.0561. The van der Waals surface area contributed by atoms with Crippen molar-refractivity contribution >= 4 is 5.91 Å². The Labute approximate surface area is 146 Å². The van der Waals surface area contributed by atoms with Crippen molar-refractivity contribution in [2.45, 2.75) is 24.9 Å². The molecule has 0 unspecified atom stereocenters. The molecule has 2 N–H and O–H groups in total. The second kappa shape index (κ2) is 7.11. The van der Waals surface area contributed by atoms with E-state index in [1.165, 1.54) is 10.6 Å². The van der Waals surface area contributed by atoms with E-state index < -0.39 is 0 Å². The number of hydrogen-bond donors (Lipinski definition) is 1. The Morgan fingerprint density at radius 1 is 1.20 bits per heavy atom. The second-order valence-corrected chi connectivity index (χ2v) is 6.30. The molecule has 6 heteroatoms. The third-order valence-electron chi connectivity index (χ3n) is 4.80. The van der Waals surface area contributed by atoms with Gasteiger partial charge in [-0.3, -0.25) is 9.59 Å². The maximum Gasteiger partial charge on any atom is 0.271 e. The lowest BCUT2D eigenvalue weighted by Crippen LogP contribution is -2.49. The van der Waals surface area contributed by atoms with Crippen LogP contribution in [0, 0.1) is 0 Å². The van der Waals surface area contributed by atoms with Crippen molar-refractivity contribution in [2.75, 3.05) is 13.7 Å². The number of carbonyl (C=O) groups is 1. The SMILES string of the molecule is COc1ccccc1[C@H]1[C@@H](N)CCCN1C(=O)c1cccc(=O)n1C. The first-order chi connectivity index (χ1) is 12.0. The Kier molecular flexibility index (Phi) is 4.90. The second-order valence-electron chi connectivity index (χ2n) is 6.30. The number of benzene rings is 1. The Morgan fingerprint density at radius 2 is 1.96 bits per heavy atom. The summed E-state index contributed by atoms with van der Waals surface area (Å²) in [4.78, 5) is 26.8. The molecule has 2 atom stereocenters. The van der Waals surface area contributed by atoms with E-state index in [1.807, 2.05) is 24.3 Å². The van der Waals surface area contributed by atoms with E-state index in [-0.39, 0.29) is 23.6 Å². The number of nitrogens with zero attached hydrogens (tertiary/aromatic N) is 2. The van der Waals surface area contributed by atoms with Gasteiger partial charge in [0, 0.05) is 31.3 Å². The lowest BCUT2D eigenvalue weighted by Gasteiger charge is -2.40. The molecule has 0 spiro atoms. The predicted octanol–water partition coefficient (Wildman–Crippen LogP) is 1.70. The molecule has 1 amide bonds. The van der Waals surface area contributed by atoms with Gasteiger partial charge in [0.15, 0.2) is 0 Å². The van der Waals surface area contributed by atoms with Gasteiger partial charge < -0.3 is 19.9 Å². The first-order valence-electron chi connectivity index (χ1n) is 8.40. The molecule has 0 bridgehead atoms. The van der Waals surface area contributed by atoms with Gasteiger partial charge in [-0.1, -0.05) is 24.3 Å². The number of amides is 1. The summed E-state index contributed by atoms with van der Waals surface area (Å²) < 4.78 is 6.85. The van der Waals surface area contributed by atoms with Crippen molar-refractivity contribution in [1.29, 1.82) is 0 Å². The molecule has 132 valence electrons. The molecule has 3 rings (SSSR count).